The standard InChI is InChI=1S/C15H18F12N2O2/c1-8(6-10(30,12(16,17)18)13(19,20)21)28-4-3-5-29-9(2)7-11(31,14(22,23)24)15(25,26)27/h30-31H,3-7H2,1-2H3. The Bertz CT molecular complexity index is 575. The van der Waals surface area contributed by atoms with E-state index in [-0.39, 0.29) is 6.42 Å². The fourth-order valence-electron chi connectivity index (χ4n) is 2.19. The molecule has 0 atom stereocenters. The van der Waals surface area contributed by atoms with Crippen molar-refractivity contribution in [1.29, 1.82) is 0 Å². The van der Waals surface area contributed by atoms with Crippen LogP contribution in [0.3, 0.4) is 0 Å². The van der Waals surface area contributed by atoms with Crippen LogP contribution in [0.2, 0.25) is 0 Å². The summed E-state index contributed by atoms with van der Waals surface area (Å²) in [5.74, 6) is 0. The second kappa shape index (κ2) is 9.50. The first-order valence-corrected chi connectivity index (χ1v) is 8.21. The first-order valence-electron chi connectivity index (χ1n) is 8.21. The zero-order valence-corrected chi connectivity index (χ0v) is 15.9. The van der Waals surface area contributed by atoms with E-state index in [1.54, 1.807) is 0 Å². The number of nitrogens with zero attached hydrogens (tertiary/aromatic N) is 2. The molecule has 0 aliphatic carbocycles. The third kappa shape index (κ3) is 7.22. The molecule has 0 spiro atoms. The van der Waals surface area contributed by atoms with E-state index >= 15 is 0 Å². The molecule has 0 amide bonds. The number of halogens is 12. The Hall–Kier alpha value is -1.58. The van der Waals surface area contributed by atoms with Gasteiger partial charge >= 0.3 is 24.7 Å². The summed E-state index contributed by atoms with van der Waals surface area (Å²) in [5.41, 5.74) is -11.6. The highest BCUT2D eigenvalue weighted by molar-refractivity contribution is 5.83. The third-order valence-corrected chi connectivity index (χ3v) is 3.98. The van der Waals surface area contributed by atoms with Gasteiger partial charge in [-0.2, -0.15) is 52.7 Å². The quantitative estimate of drug-likeness (QED) is 0.295. The lowest BCUT2D eigenvalue weighted by atomic mass is 9.95. The van der Waals surface area contributed by atoms with E-state index in [4.69, 9.17) is 10.2 Å². The van der Waals surface area contributed by atoms with Crippen molar-refractivity contribution in [3.8, 4) is 0 Å². The Balaban J connectivity index is 5.04. The average molecular weight is 486 g/mol. The van der Waals surface area contributed by atoms with Crippen LogP contribution in [0.15, 0.2) is 9.98 Å². The number of aliphatic hydroxyl groups is 2. The summed E-state index contributed by atoms with van der Waals surface area (Å²) in [4.78, 5) is 6.73. The summed E-state index contributed by atoms with van der Waals surface area (Å²) >= 11 is 0. The topological polar surface area (TPSA) is 65.2 Å². The van der Waals surface area contributed by atoms with E-state index in [1.165, 1.54) is 0 Å². The molecule has 0 saturated heterocycles. The van der Waals surface area contributed by atoms with E-state index in [2.05, 4.69) is 9.98 Å². The maximum Gasteiger partial charge on any atom is 0.426 e. The molecule has 0 heterocycles. The molecule has 0 aliphatic rings. The molecule has 0 unspecified atom stereocenters. The molecule has 0 fully saturated rings. The molecule has 0 aromatic carbocycles. The first kappa shape index (κ1) is 29.4. The maximum absolute atomic E-state index is 12.6. The Morgan fingerprint density at radius 1 is 0.548 bits per heavy atom. The predicted molar refractivity (Wildman–Crippen MR) is 83.9 cm³/mol. The molecule has 16 heteroatoms. The SMILES string of the molecule is CC(CC(O)(C(F)(F)F)C(F)(F)F)=NCCCN=C(C)CC(O)(C(F)(F)F)C(F)(F)F. The highest BCUT2D eigenvalue weighted by atomic mass is 19.4. The Kier molecular flexibility index (Phi) is 9.02. The van der Waals surface area contributed by atoms with Crippen molar-refractivity contribution >= 4 is 11.4 Å². The number of hydrogen-bond donors (Lipinski definition) is 2. The molecule has 184 valence electrons. The molecular weight excluding hydrogens is 468 g/mol. The number of hydrogen-bond acceptors (Lipinski definition) is 4. The van der Waals surface area contributed by atoms with Gasteiger partial charge in [-0.1, -0.05) is 0 Å². The van der Waals surface area contributed by atoms with E-state index in [0.29, 0.717) is 0 Å². The second-order valence-electron chi connectivity index (χ2n) is 6.65. The van der Waals surface area contributed by atoms with Gasteiger partial charge in [0.2, 0.25) is 0 Å². The summed E-state index contributed by atoms with van der Waals surface area (Å²) in [7, 11) is 0. The summed E-state index contributed by atoms with van der Waals surface area (Å²) < 4.78 is 151. The molecule has 4 nitrogen and oxygen atoms in total. The van der Waals surface area contributed by atoms with Gasteiger partial charge in [0.15, 0.2) is 0 Å². The molecule has 0 saturated carbocycles. The van der Waals surface area contributed by atoms with Gasteiger partial charge in [-0.25, -0.2) is 0 Å². The normalized spacial score (nSPS) is 16.1. The Morgan fingerprint density at radius 2 is 0.774 bits per heavy atom. The van der Waals surface area contributed by atoms with Crippen LogP contribution in [-0.2, 0) is 0 Å². The fourth-order valence-corrected chi connectivity index (χ4v) is 2.19. The maximum atomic E-state index is 12.6. The smallest absolute Gasteiger partial charge is 0.373 e. The van der Waals surface area contributed by atoms with Crippen LogP contribution in [0.1, 0.15) is 33.1 Å². The van der Waals surface area contributed by atoms with Gasteiger partial charge in [0, 0.05) is 37.4 Å². The molecule has 0 aliphatic heterocycles. The van der Waals surface area contributed by atoms with Crippen LogP contribution < -0.4 is 0 Å². The highest BCUT2D eigenvalue weighted by Gasteiger charge is 2.71. The van der Waals surface area contributed by atoms with Crippen molar-refractivity contribution in [2.75, 3.05) is 13.1 Å². The van der Waals surface area contributed by atoms with Gasteiger partial charge in [-0.15, -0.1) is 0 Å². The average Bonchev–Trinajstić information content (AvgIpc) is 2.49. The molecule has 0 radical (unpaired) electrons. The van der Waals surface area contributed by atoms with E-state index in [0.717, 1.165) is 13.8 Å². The molecule has 0 aromatic heterocycles. The van der Waals surface area contributed by atoms with E-state index < -0.39 is 73.3 Å². The number of aliphatic imine (C=N–C) groups is 2. The summed E-state index contributed by atoms with van der Waals surface area (Å²) in [6, 6.07) is 0. The van der Waals surface area contributed by atoms with Crippen molar-refractivity contribution in [2.24, 2.45) is 9.98 Å². The van der Waals surface area contributed by atoms with Gasteiger partial charge in [-0.05, 0) is 20.3 Å². The molecule has 0 aromatic rings. The van der Waals surface area contributed by atoms with Crippen LogP contribution >= 0.6 is 0 Å². The number of rotatable bonds is 8. The minimum atomic E-state index is -6.04. The van der Waals surface area contributed by atoms with Crippen LogP contribution in [-0.4, -0.2) is 70.6 Å². The van der Waals surface area contributed by atoms with E-state index in [9.17, 15) is 52.7 Å². The molecule has 0 bridgehead atoms. The minimum absolute atomic E-state index is 0.262. The van der Waals surface area contributed by atoms with Crippen LogP contribution in [0, 0.1) is 0 Å². The minimum Gasteiger partial charge on any atom is -0.373 e. The number of alkyl halides is 12. The summed E-state index contributed by atoms with van der Waals surface area (Å²) in [6.07, 6.45) is -28.3. The van der Waals surface area contributed by atoms with Crippen LogP contribution in [0.25, 0.3) is 0 Å². The zero-order chi connectivity index (χ0) is 25.1. The molecular formula is C15H18F12N2O2. The van der Waals surface area contributed by atoms with Gasteiger partial charge in [-0.3, -0.25) is 9.98 Å². The molecule has 2 N–H and O–H groups in total. The van der Waals surface area contributed by atoms with Crippen molar-refractivity contribution in [1.82, 2.24) is 0 Å². The molecule has 0 rings (SSSR count). The Morgan fingerprint density at radius 3 is 0.968 bits per heavy atom. The monoisotopic (exact) mass is 486 g/mol. The fraction of sp³-hybridized carbons (Fsp3) is 0.867. The Labute approximate surface area is 167 Å². The lowest BCUT2D eigenvalue weighted by Gasteiger charge is -2.32. The first-order chi connectivity index (χ1) is 13.5. The van der Waals surface area contributed by atoms with Gasteiger partial charge in [0.05, 0.1) is 0 Å². The third-order valence-electron chi connectivity index (χ3n) is 3.98. The second-order valence-corrected chi connectivity index (χ2v) is 6.65. The highest BCUT2D eigenvalue weighted by Crippen LogP contribution is 2.46. The lowest BCUT2D eigenvalue weighted by Crippen LogP contribution is -2.57. The molecule has 31 heavy (non-hydrogen) atoms. The van der Waals surface area contributed by atoms with E-state index in [1.807, 2.05) is 0 Å². The lowest BCUT2D eigenvalue weighted by molar-refractivity contribution is -0.365. The van der Waals surface area contributed by atoms with Crippen molar-refractivity contribution in [2.45, 2.75) is 69.0 Å². The largest absolute Gasteiger partial charge is 0.426 e. The van der Waals surface area contributed by atoms with Crippen molar-refractivity contribution in [3.05, 3.63) is 0 Å². The predicted octanol–water partition coefficient (Wildman–Crippen LogP) is 4.79. The van der Waals surface area contributed by atoms with Crippen molar-refractivity contribution < 1.29 is 62.9 Å². The summed E-state index contributed by atoms with van der Waals surface area (Å²) in [6.45, 7) is 0.585. The van der Waals surface area contributed by atoms with Gasteiger partial charge in [0.1, 0.15) is 0 Å². The van der Waals surface area contributed by atoms with Gasteiger partial charge < -0.3 is 10.2 Å². The zero-order valence-electron chi connectivity index (χ0n) is 15.9. The van der Waals surface area contributed by atoms with Crippen LogP contribution in [0.5, 0.6) is 0 Å². The van der Waals surface area contributed by atoms with Gasteiger partial charge in [0.25, 0.3) is 11.2 Å². The van der Waals surface area contributed by atoms with Crippen molar-refractivity contribution in [3.63, 3.8) is 0 Å². The summed E-state index contributed by atoms with van der Waals surface area (Å²) in [5, 5.41) is 18.0. The van der Waals surface area contributed by atoms with Crippen LogP contribution in [0.4, 0.5) is 52.7 Å².